The zero-order valence-corrected chi connectivity index (χ0v) is 13.1. The van der Waals surface area contributed by atoms with Gasteiger partial charge in [0.1, 0.15) is 5.82 Å². The fourth-order valence-electron chi connectivity index (χ4n) is 2.67. The van der Waals surface area contributed by atoms with E-state index in [1.165, 1.54) is 23.8 Å². The van der Waals surface area contributed by atoms with Crippen LogP contribution in [0.25, 0.3) is 0 Å². The molecule has 0 saturated heterocycles. The Morgan fingerprint density at radius 1 is 0.905 bits per heavy atom. The number of nitrogen functional groups attached to an aromatic ring is 1. The standard InChI is InChI=1S/C18H20FNO/c1-9-10(2)12(4)17(13(5)11(9)3)18(21)14-6-7-15(19)16(20)8-14/h6-8H,20H2,1-5H3. The van der Waals surface area contributed by atoms with Gasteiger partial charge in [0.05, 0.1) is 5.69 Å². The summed E-state index contributed by atoms with van der Waals surface area (Å²) < 4.78 is 13.3. The summed E-state index contributed by atoms with van der Waals surface area (Å²) in [6.45, 7) is 10.0. The van der Waals surface area contributed by atoms with Gasteiger partial charge in [-0.05, 0) is 80.6 Å². The normalized spacial score (nSPS) is 10.8. The van der Waals surface area contributed by atoms with Gasteiger partial charge in [-0.15, -0.1) is 0 Å². The maximum atomic E-state index is 13.3. The fraction of sp³-hybridized carbons (Fsp3) is 0.278. The van der Waals surface area contributed by atoms with Gasteiger partial charge in [0, 0.05) is 11.1 Å². The predicted octanol–water partition coefficient (Wildman–Crippen LogP) is 4.18. The number of carbonyl (C=O) groups excluding carboxylic acids is 1. The van der Waals surface area contributed by atoms with Crippen molar-refractivity contribution in [2.75, 3.05) is 5.73 Å². The van der Waals surface area contributed by atoms with Crippen molar-refractivity contribution in [3.05, 3.63) is 63.0 Å². The number of hydrogen-bond donors (Lipinski definition) is 1. The third kappa shape index (κ3) is 2.44. The molecule has 0 atom stereocenters. The van der Waals surface area contributed by atoms with Crippen molar-refractivity contribution < 1.29 is 9.18 Å². The zero-order valence-electron chi connectivity index (χ0n) is 13.1. The fourth-order valence-corrected chi connectivity index (χ4v) is 2.67. The Morgan fingerprint density at radius 3 is 1.86 bits per heavy atom. The highest BCUT2D eigenvalue weighted by atomic mass is 19.1. The number of hydrogen-bond acceptors (Lipinski definition) is 2. The summed E-state index contributed by atoms with van der Waals surface area (Å²) in [6.07, 6.45) is 0. The van der Waals surface area contributed by atoms with E-state index >= 15 is 0 Å². The number of nitrogens with two attached hydrogens (primary N) is 1. The molecular formula is C18H20FNO. The largest absolute Gasteiger partial charge is 0.396 e. The van der Waals surface area contributed by atoms with Crippen LogP contribution in [0.1, 0.15) is 43.7 Å². The summed E-state index contributed by atoms with van der Waals surface area (Å²) in [5.41, 5.74) is 12.1. The van der Waals surface area contributed by atoms with E-state index in [9.17, 15) is 9.18 Å². The Kier molecular flexibility index (Phi) is 3.86. The van der Waals surface area contributed by atoms with Crippen molar-refractivity contribution in [2.45, 2.75) is 34.6 Å². The van der Waals surface area contributed by atoms with Crippen molar-refractivity contribution in [3.63, 3.8) is 0 Å². The summed E-state index contributed by atoms with van der Waals surface area (Å²) in [4.78, 5) is 12.8. The monoisotopic (exact) mass is 285 g/mol. The third-order valence-electron chi connectivity index (χ3n) is 4.49. The molecule has 2 rings (SSSR count). The van der Waals surface area contributed by atoms with Gasteiger partial charge in [-0.3, -0.25) is 4.79 Å². The summed E-state index contributed by atoms with van der Waals surface area (Å²) in [7, 11) is 0. The molecule has 0 aliphatic rings. The molecule has 110 valence electrons. The van der Waals surface area contributed by atoms with Crippen LogP contribution in [0, 0.1) is 40.4 Å². The van der Waals surface area contributed by atoms with Gasteiger partial charge >= 0.3 is 0 Å². The topological polar surface area (TPSA) is 43.1 Å². The van der Waals surface area contributed by atoms with E-state index in [0.717, 1.165) is 22.3 Å². The smallest absolute Gasteiger partial charge is 0.193 e. The molecule has 3 heteroatoms. The molecule has 21 heavy (non-hydrogen) atoms. The molecule has 0 spiro atoms. The summed E-state index contributed by atoms with van der Waals surface area (Å²) in [5.74, 6) is -0.612. The van der Waals surface area contributed by atoms with Gasteiger partial charge < -0.3 is 5.73 Å². The highest BCUT2D eigenvalue weighted by molar-refractivity contribution is 6.11. The van der Waals surface area contributed by atoms with E-state index < -0.39 is 5.82 Å². The lowest BCUT2D eigenvalue weighted by molar-refractivity contribution is 0.103. The van der Waals surface area contributed by atoms with Gasteiger partial charge in [-0.1, -0.05) is 0 Å². The average Bonchev–Trinajstić information content (AvgIpc) is 2.46. The summed E-state index contributed by atoms with van der Waals surface area (Å²) >= 11 is 0. The van der Waals surface area contributed by atoms with Gasteiger partial charge in [-0.2, -0.15) is 0 Å². The highest BCUT2D eigenvalue weighted by Gasteiger charge is 2.20. The molecule has 2 aromatic carbocycles. The molecule has 0 heterocycles. The van der Waals surface area contributed by atoms with E-state index in [1.54, 1.807) is 0 Å². The average molecular weight is 285 g/mol. The van der Waals surface area contributed by atoms with Gasteiger partial charge in [-0.25, -0.2) is 4.39 Å². The van der Waals surface area contributed by atoms with Gasteiger partial charge in [0.15, 0.2) is 5.78 Å². The number of benzene rings is 2. The van der Waals surface area contributed by atoms with Gasteiger partial charge in [0.25, 0.3) is 0 Å². The molecule has 0 saturated carbocycles. The molecule has 0 aliphatic carbocycles. The van der Waals surface area contributed by atoms with E-state index in [-0.39, 0.29) is 11.5 Å². The second-order valence-corrected chi connectivity index (χ2v) is 5.57. The SMILES string of the molecule is Cc1c(C)c(C)c(C(=O)c2ccc(F)c(N)c2)c(C)c1C. The van der Waals surface area contributed by atoms with E-state index in [0.29, 0.717) is 11.1 Å². The van der Waals surface area contributed by atoms with Crippen LogP contribution >= 0.6 is 0 Å². The first-order valence-corrected chi connectivity index (χ1v) is 6.92. The molecule has 2 nitrogen and oxygen atoms in total. The van der Waals surface area contributed by atoms with Crippen LogP contribution in [-0.2, 0) is 0 Å². The molecule has 0 radical (unpaired) electrons. The quantitative estimate of drug-likeness (QED) is 0.664. The molecule has 0 aliphatic heterocycles. The first-order chi connectivity index (χ1) is 9.75. The minimum Gasteiger partial charge on any atom is -0.396 e. The molecular weight excluding hydrogens is 265 g/mol. The number of ketones is 1. The molecule has 0 bridgehead atoms. The Bertz CT molecular complexity index is 718. The van der Waals surface area contributed by atoms with Crippen LogP contribution in [-0.4, -0.2) is 5.78 Å². The Hall–Kier alpha value is -2.16. The van der Waals surface area contributed by atoms with Crippen LogP contribution < -0.4 is 5.73 Å². The number of rotatable bonds is 2. The second-order valence-electron chi connectivity index (χ2n) is 5.57. The predicted molar refractivity (Wildman–Crippen MR) is 84.4 cm³/mol. The number of halogens is 1. The van der Waals surface area contributed by atoms with E-state index in [1.807, 2.05) is 27.7 Å². The maximum absolute atomic E-state index is 13.3. The van der Waals surface area contributed by atoms with Crippen molar-refractivity contribution >= 4 is 11.5 Å². The first-order valence-electron chi connectivity index (χ1n) is 6.92. The highest BCUT2D eigenvalue weighted by Crippen LogP contribution is 2.28. The lowest BCUT2D eigenvalue weighted by atomic mass is 9.86. The number of anilines is 1. The van der Waals surface area contributed by atoms with Crippen molar-refractivity contribution in [2.24, 2.45) is 0 Å². The summed E-state index contributed by atoms with van der Waals surface area (Å²) in [5, 5.41) is 0. The van der Waals surface area contributed by atoms with Crippen LogP contribution in [0.4, 0.5) is 10.1 Å². The van der Waals surface area contributed by atoms with Crippen molar-refractivity contribution in [3.8, 4) is 0 Å². The zero-order chi connectivity index (χ0) is 15.9. The molecule has 2 aromatic rings. The van der Waals surface area contributed by atoms with Crippen LogP contribution in [0.15, 0.2) is 18.2 Å². The minimum atomic E-state index is -0.503. The van der Waals surface area contributed by atoms with Crippen molar-refractivity contribution in [1.29, 1.82) is 0 Å². The summed E-state index contributed by atoms with van der Waals surface area (Å²) in [6, 6.07) is 4.12. The van der Waals surface area contributed by atoms with E-state index in [4.69, 9.17) is 5.73 Å². The Labute approximate surface area is 124 Å². The molecule has 0 aromatic heterocycles. The van der Waals surface area contributed by atoms with Crippen LogP contribution in [0.3, 0.4) is 0 Å². The molecule has 0 amide bonds. The lowest BCUT2D eigenvalue weighted by Crippen LogP contribution is -2.11. The van der Waals surface area contributed by atoms with Crippen molar-refractivity contribution in [1.82, 2.24) is 0 Å². The van der Waals surface area contributed by atoms with Crippen LogP contribution in [0.2, 0.25) is 0 Å². The Morgan fingerprint density at radius 2 is 1.38 bits per heavy atom. The minimum absolute atomic E-state index is 0.00304. The second kappa shape index (κ2) is 5.32. The molecule has 2 N–H and O–H groups in total. The lowest BCUT2D eigenvalue weighted by Gasteiger charge is -2.18. The molecule has 0 fully saturated rings. The Balaban J connectivity index is 2.66. The first kappa shape index (κ1) is 15.2. The third-order valence-corrected chi connectivity index (χ3v) is 4.49. The molecule has 0 unspecified atom stereocenters. The van der Waals surface area contributed by atoms with Crippen LogP contribution in [0.5, 0.6) is 0 Å². The maximum Gasteiger partial charge on any atom is 0.193 e. The van der Waals surface area contributed by atoms with E-state index in [2.05, 4.69) is 6.92 Å². The van der Waals surface area contributed by atoms with Gasteiger partial charge in [0.2, 0.25) is 0 Å². The number of carbonyl (C=O) groups is 1.